The van der Waals surface area contributed by atoms with Gasteiger partial charge in [0.05, 0.1) is 19.8 Å². The highest BCUT2D eigenvalue weighted by molar-refractivity contribution is 6.62. The Morgan fingerprint density at radius 3 is 3.00 bits per heavy atom. The molecule has 1 aromatic carbocycles. The summed E-state index contributed by atoms with van der Waals surface area (Å²) in [7, 11) is 0.466. The van der Waals surface area contributed by atoms with Crippen LogP contribution in [0.4, 0.5) is 0 Å². The molecule has 100 valence electrons. The lowest BCUT2D eigenvalue weighted by Gasteiger charge is -2.19. The molecule has 6 nitrogen and oxygen atoms in total. The summed E-state index contributed by atoms with van der Waals surface area (Å²) in [6.45, 7) is 1.93. The Balaban J connectivity index is 2.28. The van der Waals surface area contributed by atoms with E-state index in [9.17, 15) is 5.02 Å². The van der Waals surface area contributed by atoms with Crippen molar-refractivity contribution in [3.8, 4) is 17.6 Å². The van der Waals surface area contributed by atoms with Crippen LogP contribution in [0.15, 0.2) is 12.1 Å². The molecular weight excluding hydrogens is 247 g/mol. The van der Waals surface area contributed by atoms with Crippen molar-refractivity contribution in [2.24, 2.45) is 5.73 Å². The molecule has 0 saturated carbocycles. The average molecular weight is 262 g/mol. The Labute approximate surface area is 111 Å². The van der Waals surface area contributed by atoms with Crippen LogP contribution in [0, 0.1) is 11.3 Å². The molecule has 1 aliphatic heterocycles. The number of hydrogen-bond acceptors (Lipinski definition) is 6. The summed E-state index contributed by atoms with van der Waals surface area (Å²) >= 11 is 0. The average Bonchev–Trinajstić information content (AvgIpc) is 2.78. The van der Waals surface area contributed by atoms with Crippen molar-refractivity contribution in [3.05, 3.63) is 17.7 Å². The van der Waals surface area contributed by atoms with E-state index in [1.54, 1.807) is 19.1 Å². The van der Waals surface area contributed by atoms with Crippen molar-refractivity contribution in [1.29, 1.82) is 5.26 Å². The molecule has 0 radical (unpaired) electrons. The van der Waals surface area contributed by atoms with E-state index in [1.807, 2.05) is 6.07 Å². The van der Waals surface area contributed by atoms with Gasteiger partial charge >= 0.3 is 7.12 Å². The number of nitrogens with two attached hydrogens (primary N) is 1. The quantitative estimate of drug-likeness (QED) is 0.712. The van der Waals surface area contributed by atoms with Crippen LogP contribution in [0.25, 0.3) is 0 Å². The van der Waals surface area contributed by atoms with Gasteiger partial charge in [0.2, 0.25) is 0 Å². The first-order valence-electron chi connectivity index (χ1n) is 5.81. The Morgan fingerprint density at radius 2 is 2.37 bits per heavy atom. The highest BCUT2D eigenvalue weighted by Gasteiger charge is 2.33. The van der Waals surface area contributed by atoms with Crippen molar-refractivity contribution < 1.29 is 19.2 Å². The Morgan fingerprint density at radius 1 is 1.63 bits per heavy atom. The molecule has 0 amide bonds. The van der Waals surface area contributed by atoms with Gasteiger partial charge in [0.25, 0.3) is 0 Å². The molecule has 0 spiro atoms. The molecule has 1 atom stereocenters. The zero-order valence-corrected chi connectivity index (χ0v) is 10.8. The first kappa shape index (κ1) is 13.7. The highest BCUT2D eigenvalue weighted by atomic mass is 16.5. The van der Waals surface area contributed by atoms with Gasteiger partial charge in [-0.2, -0.15) is 5.26 Å². The fourth-order valence-electron chi connectivity index (χ4n) is 1.85. The van der Waals surface area contributed by atoms with Crippen LogP contribution in [0.1, 0.15) is 12.5 Å². The second kappa shape index (κ2) is 5.09. The summed E-state index contributed by atoms with van der Waals surface area (Å²) in [5.74, 6) is 0.842. The van der Waals surface area contributed by atoms with Gasteiger partial charge in [-0.1, -0.05) is 6.07 Å². The smallest absolute Gasteiger partial charge is 0.493 e. The van der Waals surface area contributed by atoms with Gasteiger partial charge in [0.15, 0.2) is 11.5 Å². The molecule has 0 fully saturated rings. The fraction of sp³-hybridized carbons (Fsp3) is 0.417. The highest BCUT2D eigenvalue weighted by Crippen LogP contribution is 2.29. The first-order valence-corrected chi connectivity index (χ1v) is 5.81. The van der Waals surface area contributed by atoms with Gasteiger partial charge in [0.1, 0.15) is 12.1 Å². The van der Waals surface area contributed by atoms with Gasteiger partial charge in [-0.3, -0.25) is 0 Å². The normalized spacial score (nSPS) is 16.5. The molecule has 0 aromatic heterocycles. The van der Waals surface area contributed by atoms with Gasteiger partial charge in [-0.15, -0.1) is 0 Å². The van der Waals surface area contributed by atoms with E-state index >= 15 is 0 Å². The van der Waals surface area contributed by atoms with Crippen LogP contribution < -0.4 is 20.7 Å². The molecule has 0 unspecified atom stereocenters. The van der Waals surface area contributed by atoms with E-state index in [0.717, 1.165) is 5.56 Å². The molecule has 1 aromatic rings. The van der Waals surface area contributed by atoms with Crippen LogP contribution >= 0.6 is 0 Å². The minimum atomic E-state index is -1.08. The lowest BCUT2D eigenvalue weighted by Crippen LogP contribution is -2.41. The van der Waals surface area contributed by atoms with E-state index < -0.39 is 12.7 Å². The lowest BCUT2D eigenvalue weighted by atomic mass is 9.78. The maximum absolute atomic E-state index is 9.76. The summed E-state index contributed by atoms with van der Waals surface area (Å²) < 4.78 is 15.9. The molecule has 0 saturated heterocycles. The van der Waals surface area contributed by atoms with Crippen molar-refractivity contribution in [2.45, 2.75) is 19.1 Å². The first-order chi connectivity index (χ1) is 8.98. The monoisotopic (exact) mass is 262 g/mol. The summed E-state index contributed by atoms with van der Waals surface area (Å²) in [6, 6.07) is 5.46. The molecule has 2 rings (SSSR count). The topological polar surface area (TPSA) is 97.7 Å². The number of ether oxygens (including phenoxy) is 2. The Kier molecular flexibility index (Phi) is 3.67. The van der Waals surface area contributed by atoms with E-state index in [1.165, 1.54) is 7.11 Å². The molecular formula is C12H15BN2O4. The third-order valence-electron chi connectivity index (χ3n) is 2.88. The van der Waals surface area contributed by atoms with Gasteiger partial charge in [0, 0.05) is 5.46 Å². The van der Waals surface area contributed by atoms with Gasteiger partial charge in [-0.25, -0.2) is 0 Å². The molecule has 0 bridgehead atoms. The molecule has 19 heavy (non-hydrogen) atoms. The summed E-state index contributed by atoms with van der Waals surface area (Å²) in [5, 5.41) is 18.6. The second-order valence-electron chi connectivity index (χ2n) is 4.65. The third-order valence-corrected chi connectivity index (χ3v) is 2.88. The second-order valence-corrected chi connectivity index (χ2v) is 4.65. The lowest BCUT2D eigenvalue weighted by molar-refractivity contribution is 0.252. The zero-order valence-electron chi connectivity index (χ0n) is 10.8. The Hall–Kier alpha value is -1.75. The van der Waals surface area contributed by atoms with Crippen LogP contribution in [-0.2, 0) is 11.3 Å². The Bertz CT molecular complexity index is 527. The number of methoxy groups -OCH3 is 1. The van der Waals surface area contributed by atoms with E-state index in [2.05, 4.69) is 0 Å². The van der Waals surface area contributed by atoms with Gasteiger partial charge < -0.3 is 24.9 Å². The minimum Gasteiger partial charge on any atom is -0.493 e. The SMILES string of the molecule is COc1c(OC[C@@](C)(N)C#N)ccc2c1B(O)OC2. The summed E-state index contributed by atoms with van der Waals surface area (Å²) in [6.07, 6.45) is 0. The molecule has 1 heterocycles. The summed E-state index contributed by atoms with van der Waals surface area (Å²) in [5.41, 5.74) is 6.03. The predicted octanol–water partition coefficient (Wildman–Crippen LogP) is -0.467. The third kappa shape index (κ3) is 2.66. The maximum Gasteiger partial charge on any atom is 0.495 e. The molecule has 0 aliphatic carbocycles. The number of rotatable bonds is 4. The van der Waals surface area contributed by atoms with Crippen LogP contribution in [0.2, 0.25) is 0 Å². The maximum atomic E-state index is 9.76. The number of benzene rings is 1. The predicted molar refractivity (Wildman–Crippen MR) is 69.1 cm³/mol. The van der Waals surface area contributed by atoms with E-state index in [0.29, 0.717) is 23.6 Å². The molecule has 1 aliphatic rings. The number of nitriles is 1. The number of fused-ring (bicyclic) bond motifs is 1. The van der Waals surface area contributed by atoms with E-state index in [4.69, 9.17) is 25.1 Å². The minimum absolute atomic E-state index is 0.0234. The van der Waals surface area contributed by atoms with Crippen molar-refractivity contribution in [3.63, 3.8) is 0 Å². The van der Waals surface area contributed by atoms with Crippen LogP contribution in [-0.4, -0.2) is 31.4 Å². The number of hydrogen-bond donors (Lipinski definition) is 2. The number of nitrogens with zero attached hydrogens (tertiary/aromatic N) is 1. The van der Waals surface area contributed by atoms with Crippen LogP contribution in [0.5, 0.6) is 11.5 Å². The zero-order chi connectivity index (χ0) is 14.0. The fourth-order valence-corrected chi connectivity index (χ4v) is 1.85. The van der Waals surface area contributed by atoms with Gasteiger partial charge in [-0.05, 0) is 18.6 Å². The van der Waals surface area contributed by atoms with Crippen molar-refractivity contribution >= 4 is 12.6 Å². The summed E-state index contributed by atoms with van der Waals surface area (Å²) in [4.78, 5) is 0. The van der Waals surface area contributed by atoms with Crippen molar-refractivity contribution in [2.75, 3.05) is 13.7 Å². The van der Waals surface area contributed by atoms with E-state index in [-0.39, 0.29) is 6.61 Å². The van der Waals surface area contributed by atoms with Crippen LogP contribution in [0.3, 0.4) is 0 Å². The molecule has 7 heteroatoms. The van der Waals surface area contributed by atoms with Crippen molar-refractivity contribution in [1.82, 2.24) is 0 Å². The molecule has 3 N–H and O–H groups in total. The standard InChI is InChI=1S/C12H15BN2O4/c1-12(15,6-14)7-18-9-4-3-8-5-19-13(16)10(8)11(9)17-2/h3-4,16H,5,7,15H2,1-2H3/t12-/m0/s1. The largest absolute Gasteiger partial charge is 0.495 e.